The minimum Gasteiger partial charge on any atom is -0.466 e. The quantitative estimate of drug-likeness (QED) is 0.772. The summed E-state index contributed by atoms with van der Waals surface area (Å²) in [4.78, 5) is 11.7. The summed E-state index contributed by atoms with van der Waals surface area (Å²) in [5.41, 5.74) is 2.38. The third-order valence-electron chi connectivity index (χ3n) is 3.65. The maximum Gasteiger partial charge on any atom is 0.309 e. The molecule has 0 bridgehead atoms. The summed E-state index contributed by atoms with van der Waals surface area (Å²) in [6.45, 7) is 8.77. The van der Waals surface area contributed by atoms with Crippen molar-refractivity contribution in [1.82, 2.24) is 0 Å². The van der Waals surface area contributed by atoms with Crippen LogP contribution in [0, 0.1) is 5.92 Å². The summed E-state index contributed by atoms with van der Waals surface area (Å²) in [6, 6.07) is 6.20. The molecule has 2 rings (SSSR count). The van der Waals surface area contributed by atoms with Gasteiger partial charge in [-0.05, 0) is 41.9 Å². The fraction of sp³-hybridized carbons (Fsp3) is 0.562. The highest BCUT2D eigenvalue weighted by Crippen LogP contribution is 2.50. The van der Waals surface area contributed by atoms with Crippen LogP contribution in [-0.4, -0.2) is 12.6 Å². The maximum absolute atomic E-state index is 11.7. The number of hydrogen-bond donors (Lipinski definition) is 0. The summed E-state index contributed by atoms with van der Waals surface area (Å²) < 4.78 is 5.05. The van der Waals surface area contributed by atoms with Crippen molar-refractivity contribution in [2.24, 2.45) is 5.92 Å². The van der Waals surface area contributed by atoms with Gasteiger partial charge in [0.05, 0.1) is 12.5 Å². The molecule has 2 nitrogen and oxygen atoms in total. The molecule has 0 radical (unpaired) electrons. The van der Waals surface area contributed by atoms with Crippen LogP contribution in [0.15, 0.2) is 18.2 Å². The van der Waals surface area contributed by atoms with Crippen molar-refractivity contribution in [2.45, 2.75) is 45.4 Å². The van der Waals surface area contributed by atoms with E-state index in [-0.39, 0.29) is 23.2 Å². The van der Waals surface area contributed by atoms with Crippen molar-refractivity contribution < 1.29 is 9.53 Å². The lowest BCUT2D eigenvalue weighted by Crippen LogP contribution is -2.11. The van der Waals surface area contributed by atoms with Gasteiger partial charge in [-0.3, -0.25) is 4.79 Å². The van der Waals surface area contributed by atoms with Crippen molar-refractivity contribution in [1.29, 1.82) is 0 Å². The predicted octanol–water partition coefficient (Wildman–Crippen LogP) is 4.30. The second kappa shape index (κ2) is 5.16. The van der Waals surface area contributed by atoms with Crippen LogP contribution in [0.3, 0.4) is 0 Å². The molecule has 0 spiro atoms. The molecule has 1 fully saturated rings. The standard InChI is InChI=1S/C16H21ClO2/c1-5-19-15(18)13-9-12(13)11-7-6-10(8-14(11)17)16(2,3)4/h6-8,12-13H,5,9H2,1-4H3/t12-,13+/m1/s1. The van der Waals surface area contributed by atoms with E-state index < -0.39 is 0 Å². The summed E-state index contributed by atoms with van der Waals surface area (Å²) in [7, 11) is 0. The molecule has 104 valence electrons. The largest absolute Gasteiger partial charge is 0.466 e. The molecule has 0 amide bonds. The Morgan fingerprint density at radius 2 is 2.11 bits per heavy atom. The molecular weight excluding hydrogens is 260 g/mol. The number of rotatable bonds is 3. The van der Waals surface area contributed by atoms with E-state index in [0.29, 0.717) is 6.61 Å². The van der Waals surface area contributed by atoms with Crippen molar-refractivity contribution in [3.63, 3.8) is 0 Å². The predicted molar refractivity (Wildman–Crippen MR) is 77.6 cm³/mol. The van der Waals surface area contributed by atoms with Crippen molar-refractivity contribution in [3.05, 3.63) is 34.3 Å². The Morgan fingerprint density at radius 1 is 1.42 bits per heavy atom. The topological polar surface area (TPSA) is 26.3 Å². The molecule has 0 heterocycles. The molecule has 1 aromatic rings. The van der Waals surface area contributed by atoms with E-state index in [9.17, 15) is 4.79 Å². The first-order valence-electron chi connectivity index (χ1n) is 6.81. The van der Waals surface area contributed by atoms with Gasteiger partial charge < -0.3 is 4.74 Å². The molecule has 0 aromatic heterocycles. The Labute approximate surface area is 120 Å². The zero-order valence-electron chi connectivity index (χ0n) is 12.0. The molecule has 1 aromatic carbocycles. The molecule has 1 aliphatic rings. The highest BCUT2D eigenvalue weighted by atomic mass is 35.5. The van der Waals surface area contributed by atoms with Crippen molar-refractivity contribution in [3.8, 4) is 0 Å². The van der Waals surface area contributed by atoms with Gasteiger partial charge in [0, 0.05) is 5.02 Å². The smallest absolute Gasteiger partial charge is 0.309 e. The molecule has 0 saturated heterocycles. The number of halogens is 1. The van der Waals surface area contributed by atoms with Gasteiger partial charge in [0.1, 0.15) is 0 Å². The number of carbonyl (C=O) groups is 1. The second-order valence-electron chi connectivity index (χ2n) is 6.19. The van der Waals surface area contributed by atoms with E-state index in [1.54, 1.807) is 0 Å². The Bertz CT molecular complexity index is 488. The summed E-state index contributed by atoms with van der Waals surface area (Å²) in [5, 5.41) is 0.768. The van der Waals surface area contributed by atoms with E-state index in [1.165, 1.54) is 5.56 Å². The highest BCUT2D eigenvalue weighted by Gasteiger charge is 2.46. The average Bonchev–Trinajstić information content (AvgIpc) is 3.08. The molecule has 0 unspecified atom stereocenters. The SMILES string of the molecule is CCOC(=O)[C@H]1C[C@@H]1c1ccc(C(C)(C)C)cc1Cl. The Morgan fingerprint density at radius 3 is 2.63 bits per heavy atom. The molecule has 1 saturated carbocycles. The van der Waals surface area contributed by atoms with Gasteiger partial charge >= 0.3 is 5.97 Å². The van der Waals surface area contributed by atoms with Crippen LogP contribution in [0.25, 0.3) is 0 Å². The van der Waals surface area contributed by atoms with Crippen LogP contribution in [-0.2, 0) is 14.9 Å². The highest BCUT2D eigenvalue weighted by molar-refractivity contribution is 6.31. The van der Waals surface area contributed by atoms with E-state index in [1.807, 2.05) is 13.0 Å². The van der Waals surface area contributed by atoms with Crippen LogP contribution >= 0.6 is 11.6 Å². The first-order valence-corrected chi connectivity index (χ1v) is 7.19. The lowest BCUT2D eigenvalue weighted by atomic mass is 9.86. The van der Waals surface area contributed by atoms with Crippen molar-refractivity contribution in [2.75, 3.05) is 6.61 Å². The Hall–Kier alpha value is -1.02. The first-order chi connectivity index (χ1) is 8.84. The summed E-state index contributed by atoms with van der Waals surface area (Å²) in [5.74, 6) is 0.141. The molecule has 1 aliphatic carbocycles. The Kier molecular flexibility index (Phi) is 3.91. The third kappa shape index (κ3) is 3.11. The molecule has 0 N–H and O–H groups in total. The van der Waals surface area contributed by atoms with E-state index in [0.717, 1.165) is 17.0 Å². The lowest BCUT2D eigenvalue weighted by Gasteiger charge is -2.20. The summed E-state index contributed by atoms with van der Waals surface area (Å²) >= 11 is 6.37. The number of ether oxygens (including phenoxy) is 1. The zero-order chi connectivity index (χ0) is 14.2. The fourth-order valence-corrected chi connectivity index (χ4v) is 2.66. The maximum atomic E-state index is 11.7. The van der Waals surface area contributed by atoms with Gasteiger partial charge in [-0.15, -0.1) is 0 Å². The van der Waals surface area contributed by atoms with Crippen LogP contribution in [0.5, 0.6) is 0 Å². The number of esters is 1. The lowest BCUT2D eigenvalue weighted by molar-refractivity contribution is -0.144. The van der Waals surface area contributed by atoms with Gasteiger partial charge in [-0.25, -0.2) is 0 Å². The van der Waals surface area contributed by atoms with Crippen LogP contribution < -0.4 is 0 Å². The van der Waals surface area contributed by atoms with Crippen molar-refractivity contribution >= 4 is 17.6 Å². The third-order valence-corrected chi connectivity index (χ3v) is 3.97. The van der Waals surface area contributed by atoms with Crippen LogP contribution in [0.2, 0.25) is 5.02 Å². The van der Waals surface area contributed by atoms with Crippen LogP contribution in [0.1, 0.15) is 51.2 Å². The minimum atomic E-state index is -0.0940. The zero-order valence-corrected chi connectivity index (χ0v) is 12.8. The molecule has 0 aliphatic heterocycles. The monoisotopic (exact) mass is 280 g/mol. The minimum absolute atomic E-state index is 0.00191. The molecule has 3 heteroatoms. The van der Waals surface area contributed by atoms with Crippen LogP contribution in [0.4, 0.5) is 0 Å². The average molecular weight is 281 g/mol. The first kappa shape index (κ1) is 14.4. The van der Waals surface area contributed by atoms with E-state index in [2.05, 4.69) is 32.9 Å². The molecule has 19 heavy (non-hydrogen) atoms. The summed E-state index contributed by atoms with van der Waals surface area (Å²) in [6.07, 6.45) is 0.855. The van der Waals surface area contributed by atoms with Gasteiger partial charge in [0.25, 0.3) is 0 Å². The fourth-order valence-electron chi connectivity index (χ4n) is 2.34. The second-order valence-corrected chi connectivity index (χ2v) is 6.59. The van der Waals surface area contributed by atoms with E-state index >= 15 is 0 Å². The van der Waals surface area contributed by atoms with Gasteiger partial charge in [0.2, 0.25) is 0 Å². The van der Waals surface area contributed by atoms with Gasteiger partial charge in [0.15, 0.2) is 0 Å². The molecule has 2 atom stereocenters. The molecular formula is C16H21ClO2. The Balaban J connectivity index is 2.14. The number of carbonyl (C=O) groups excluding carboxylic acids is 1. The van der Waals surface area contributed by atoms with Gasteiger partial charge in [-0.2, -0.15) is 0 Å². The van der Waals surface area contributed by atoms with Gasteiger partial charge in [-0.1, -0.05) is 44.5 Å². The number of hydrogen-bond acceptors (Lipinski definition) is 2. The van der Waals surface area contributed by atoms with E-state index in [4.69, 9.17) is 16.3 Å². The normalized spacial score (nSPS) is 22.2. The number of benzene rings is 1.